The third-order valence-corrected chi connectivity index (χ3v) is 4.57. The van der Waals surface area contributed by atoms with E-state index in [2.05, 4.69) is 15.6 Å². The molecule has 1 heterocycles. The number of hydrogen-bond acceptors (Lipinski definition) is 5. The Kier molecular flexibility index (Phi) is 6.05. The number of Topliss-reactive ketones (excluding diaryl/α,β-unsaturated/α-hetero) is 1. The summed E-state index contributed by atoms with van der Waals surface area (Å²) in [6.45, 7) is 7.35. The first-order valence-electron chi connectivity index (χ1n) is 8.73. The molecule has 2 rings (SSSR count). The van der Waals surface area contributed by atoms with E-state index in [1.165, 1.54) is 20.1 Å². The number of urea groups is 1. The Bertz CT molecular complexity index is 765. The van der Waals surface area contributed by atoms with Gasteiger partial charge in [0.2, 0.25) is 0 Å². The van der Waals surface area contributed by atoms with Crippen molar-refractivity contribution in [1.29, 1.82) is 0 Å². The molecule has 1 aromatic rings. The first-order chi connectivity index (χ1) is 12.6. The van der Waals surface area contributed by atoms with Crippen LogP contribution in [-0.4, -0.2) is 40.7 Å². The van der Waals surface area contributed by atoms with Gasteiger partial charge in [-0.2, -0.15) is 0 Å². The highest BCUT2D eigenvalue weighted by molar-refractivity contribution is 5.95. The Balaban J connectivity index is 2.28. The molecule has 2 atom stereocenters. The van der Waals surface area contributed by atoms with E-state index >= 15 is 0 Å². The Morgan fingerprint density at radius 3 is 2.59 bits per heavy atom. The van der Waals surface area contributed by atoms with E-state index < -0.39 is 28.9 Å². The second-order valence-corrected chi connectivity index (χ2v) is 7.60. The van der Waals surface area contributed by atoms with E-state index in [0.29, 0.717) is 11.3 Å². The van der Waals surface area contributed by atoms with Crippen molar-refractivity contribution in [3.63, 3.8) is 0 Å². The van der Waals surface area contributed by atoms with Crippen molar-refractivity contribution in [2.24, 2.45) is 5.41 Å². The van der Waals surface area contributed by atoms with Crippen LogP contribution in [0.3, 0.4) is 0 Å². The number of aliphatic hydroxyl groups excluding tert-OH is 1. The Morgan fingerprint density at radius 1 is 1.37 bits per heavy atom. The summed E-state index contributed by atoms with van der Waals surface area (Å²) in [5, 5.41) is 16.3. The van der Waals surface area contributed by atoms with Gasteiger partial charge in [-0.15, -0.1) is 0 Å². The summed E-state index contributed by atoms with van der Waals surface area (Å²) in [6, 6.07) is 3.02. The molecule has 27 heavy (non-hydrogen) atoms. The number of aliphatic hydroxyl groups is 1. The molecule has 3 N–H and O–H groups in total. The van der Waals surface area contributed by atoms with Gasteiger partial charge in [0.05, 0.1) is 7.11 Å². The molecule has 0 saturated heterocycles. The van der Waals surface area contributed by atoms with E-state index in [9.17, 15) is 14.7 Å². The summed E-state index contributed by atoms with van der Waals surface area (Å²) in [5.41, 5.74) is -0.616. The van der Waals surface area contributed by atoms with Crippen molar-refractivity contribution in [2.75, 3.05) is 7.11 Å². The van der Waals surface area contributed by atoms with E-state index in [4.69, 9.17) is 4.74 Å². The van der Waals surface area contributed by atoms with Crippen LogP contribution >= 0.6 is 0 Å². The van der Waals surface area contributed by atoms with Gasteiger partial charge < -0.3 is 20.5 Å². The number of pyridine rings is 1. The lowest BCUT2D eigenvalue weighted by Crippen LogP contribution is -2.64. The summed E-state index contributed by atoms with van der Waals surface area (Å²) in [4.78, 5) is 29.0. The minimum absolute atomic E-state index is 0.243. The summed E-state index contributed by atoms with van der Waals surface area (Å²) >= 11 is 0. The molecule has 2 unspecified atom stereocenters. The highest BCUT2D eigenvalue weighted by Crippen LogP contribution is 2.38. The van der Waals surface area contributed by atoms with Crippen molar-refractivity contribution in [3.8, 4) is 0 Å². The number of methoxy groups -OCH3 is 1. The third-order valence-electron chi connectivity index (χ3n) is 4.57. The molecule has 0 radical (unpaired) electrons. The minimum Gasteiger partial charge on any atom is -0.497 e. The predicted octanol–water partition coefficient (Wildman–Crippen LogP) is 2.09. The summed E-state index contributed by atoms with van der Waals surface area (Å²) in [7, 11) is 1.48. The number of ether oxygens (including phenoxy) is 1. The zero-order valence-electron chi connectivity index (χ0n) is 16.4. The van der Waals surface area contributed by atoms with Gasteiger partial charge in [0.15, 0.2) is 11.3 Å². The quantitative estimate of drug-likeness (QED) is 0.734. The van der Waals surface area contributed by atoms with Crippen LogP contribution in [0.4, 0.5) is 4.79 Å². The number of nitrogens with one attached hydrogen (secondary N) is 2. The van der Waals surface area contributed by atoms with Crippen LogP contribution in [0.2, 0.25) is 0 Å². The standard InChI is InChI=1S/C20H27N3O4/c1-13(24)20(23-18(26)22-12-14-7-6-8-21-11-14)10-15(27-5)9-16(17(20)25)19(2,3)4/h6-11,17,25H,12H2,1-5H3,(H2,22,23,26). The largest absolute Gasteiger partial charge is 0.497 e. The highest BCUT2D eigenvalue weighted by Gasteiger charge is 2.48. The average molecular weight is 373 g/mol. The number of nitrogens with zero attached hydrogens (tertiary/aromatic N) is 1. The van der Waals surface area contributed by atoms with Crippen LogP contribution < -0.4 is 10.6 Å². The van der Waals surface area contributed by atoms with Gasteiger partial charge in [-0.25, -0.2) is 4.79 Å². The second-order valence-electron chi connectivity index (χ2n) is 7.60. The van der Waals surface area contributed by atoms with Gasteiger partial charge in [-0.05, 0) is 41.7 Å². The SMILES string of the molecule is COC1=CC(NC(=O)NCc2cccnc2)(C(C)=O)C(O)C(C(C)(C)C)=C1. The number of rotatable bonds is 5. The molecule has 0 aromatic carbocycles. The molecule has 7 heteroatoms. The van der Waals surface area contributed by atoms with E-state index in [-0.39, 0.29) is 6.54 Å². The molecule has 2 amide bonds. The Labute approximate surface area is 159 Å². The number of aromatic nitrogens is 1. The smallest absolute Gasteiger partial charge is 0.316 e. The van der Waals surface area contributed by atoms with Crippen molar-refractivity contribution in [2.45, 2.75) is 45.9 Å². The van der Waals surface area contributed by atoms with Crippen molar-refractivity contribution < 1.29 is 19.4 Å². The lowest BCUT2D eigenvalue weighted by atomic mass is 9.71. The monoisotopic (exact) mass is 373 g/mol. The van der Waals surface area contributed by atoms with E-state index in [1.807, 2.05) is 26.8 Å². The maximum absolute atomic E-state index is 12.5. The molecule has 7 nitrogen and oxygen atoms in total. The number of amides is 2. The van der Waals surface area contributed by atoms with E-state index in [1.54, 1.807) is 24.5 Å². The molecule has 0 spiro atoms. The van der Waals surface area contributed by atoms with Crippen molar-refractivity contribution in [1.82, 2.24) is 15.6 Å². The topological polar surface area (TPSA) is 101 Å². The van der Waals surface area contributed by atoms with Gasteiger partial charge in [-0.1, -0.05) is 26.8 Å². The Hall–Kier alpha value is -2.67. The van der Waals surface area contributed by atoms with Crippen LogP contribution in [0.1, 0.15) is 33.3 Å². The molecule has 1 aromatic heterocycles. The van der Waals surface area contributed by atoms with Crippen LogP contribution in [-0.2, 0) is 16.1 Å². The zero-order chi connectivity index (χ0) is 20.2. The lowest BCUT2D eigenvalue weighted by Gasteiger charge is -2.41. The normalized spacial score (nSPS) is 22.4. The van der Waals surface area contributed by atoms with Crippen LogP contribution in [0.15, 0.2) is 48.0 Å². The number of allylic oxidation sites excluding steroid dienone is 1. The molecule has 0 bridgehead atoms. The second kappa shape index (κ2) is 7.92. The molecule has 1 aliphatic rings. The molecule has 0 fully saturated rings. The van der Waals surface area contributed by atoms with Gasteiger partial charge in [-0.3, -0.25) is 9.78 Å². The lowest BCUT2D eigenvalue weighted by molar-refractivity contribution is -0.124. The first-order valence-corrected chi connectivity index (χ1v) is 8.73. The molecule has 0 aliphatic heterocycles. The maximum atomic E-state index is 12.5. The number of carbonyl (C=O) groups excluding carboxylic acids is 2. The first kappa shape index (κ1) is 20.6. The molecule has 1 aliphatic carbocycles. The van der Waals surface area contributed by atoms with Crippen LogP contribution in [0.5, 0.6) is 0 Å². The third kappa shape index (κ3) is 4.54. The van der Waals surface area contributed by atoms with Crippen LogP contribution in [0.25, 0.3) is 0 Å². The van der Waals surface area contributed by atoms with Gasteiger partial charge >= 0.3 is 6.03 Å². The highest BCUT2D eigenvalue weighted by atomic mass is 16.5. The summed E-state index contributed by atoms with van der Waals surface area (Å²) in [5.74, 6) is 0.0175. The number of hydrogen-bond donors (Lipinski definition) is 3. The van der Waals surface area contributed by atoms with E-state index in [0.717, 1.165) is 5.56 Å². The summed E-state index contributed by atoms with van der Waals surface area (Å²) in [6.07, 6.45) is 5.24. The van der Waals surface area contributed by atoms with Crippen molar-refractivity contribution in [3.05, 3.63) is 53.6 Å². The van der Waals surface area contributed by atoms with Gasteiger partial charge in [0.25, 0.3) is 0 Å². The molecular weight excluding hydrogens is 346 g/mol. The van der Waals surface area contributed by atoms with Crippen LogP contribution in [0, 0.1) is 5.41 Å². The molecular formula is C20H27N3O4. The molecule has 146 valence electrons. The Morgan fingerprint density at radius 2 is 2.07 bits per heavy atom. The fourth-order valence-corrected chi connectivity index (χ4v) is 2.97. The summed E-state index contributed by atoms with van der Waals surface area (Å²) < 4.78 is 5.32. The van der Waals surface area contributed by atoms with Gasteiger partial charge in [0, 0.05) is 18.9 Å². The predicted molar refractivity (Wildman–Crippen MR) is 102 cm³/mol. The van der Waals surface area contributed by atoms with Gasteiger partial charge in [0.1, 0.15) is 11.9 Å². The fourth-order valence-electron chi connectivity index (χ4n) is 2.97. The minimum atomic E-state index is -1.61. The average Bonchev–Trinajstić information content (AvgIpc) is 2.61. The zero-order valence-corrected chi connectivity index (χ0v) is 16.4. The fraction of sp³-hybridized carbons (Fsp3) is 0.450. The van der Waals surface area contributed by atoms with Crippen molar-refractivity contribution >= 4 is 11.8 Å². The number of ketones is 1. The molecule has 0 saturated carbocycles. The maximum Gasteiger partial charge on any atom is 0.316 e. The number of carbonyl (C=O) groups is 2.